The summed E-state index contributed by atoms with van der Waals surface area (Å²) in [6.07, 6.45) is 1.66. The summed E-state index contributed by atoms with van der Waals surface area (Å²) in [5, 5.41) is 27.9. The predicted octanol–water partition coefficient (Wildman–Crippen LogP) is 4.28. The number of hydrogen-bond acceptors (Lipinski definition) is 11. The van der Waals surface area contributed by atoms with Crippen molar-refractivity contribution >= 4 is 34.4 Å². The summed E-state index contributed by atoms with van der Waals surface area (Å²) in [6, 6.07) is 5.12. The van der Waals surface area contributed by atoms with E-state index in [0.29, 0.717) is 42.1 Å². The van der Waals surface area contributed by atoms with Crippen molar-refractivity contribution in [2.24, 2.45) is 11.8 Å². The van der Waals surface area contributed by atoms with Crippen LogP contribution in [0.5, 0.6) is 0 Å². The van der Waals surface area contributed by atoms with E-state index >= 15 is 0 Å². The van der Waals surface area contributed by atoms with Gasteiger partial charge in [-0.2, -0.15) is 0 Å². The standard InChI is InChI=1S/C31H39F2N7O7/c1-18(2)10-19-13-31(3,14-25(19)35-15-27(41)39-16-20-11-22(32)23(33)12-21(20)17-39)36-30(42)46-9-8-45-7-6-34-24-4-5-26(40(43)44)29-28(24)37-47-38-29/h4-5,11-12,18-19,25,34-35H,6-10,13-17H2,1-3H3,(H,36,42). The molecule has 2 aliphatic rings. The first-order valence-corrected chi connectivity index (χ1v) is 15.6. The lowest BCUT2D eigenvalue weighted by Crippen LogP contribution is -2.46. The van der Waals surface area contributed by atoms with Gasteiger partial charge in [0.15, 0.2) is 17.2 Å². The Hall–Kier alpha value is -4.44. The van der Waals surface area contributed by atoms with Crippen molar-refractivity contribution in [2.75, 3.05) is 38.2 Å². The Bertz CT molecular complexity index is 1590. The number of hydrogen-bond donors (Lipinski definition) is 3. The average Bonchev–Trinajstić information content (AvgIpc) is 3.72. The number of halogens is 2. The van der Waals surface area contributed by atoms with Crippen LogP contribution in [0.15, 0.2) is 28.9 Å². The Morgan fingerprint density at radius 3 is 2.49 bits per heavy atom. The van der Waals surface area contributed by atoms with Crippen molar-refractivity contribution in [1.29, 1.82) is 0 Å². The Kier molecular flexibility index (Phi) is 10.5. The zero-order chi connectivity index (χ0) is 33.7. The number of rotatable bonds is 14. The van der Waals surface area contributed by atoms with Gasteiger partial charge in [-0.3, -0.25) is 14.9 Å². The van der Waals surface area contributed by atoms with E-state index < -0.39 is 28.2 Å². The van der Waals surface area contributed by atoms with Gasteiger partial charge in [0.25, 0.3) is 0 Å². The van der Waals surface area contributed by atoms with Crippen molar-refractivity contribution in [2.45, 2.75) is 64.7 Å². The number of aromatic nitrogens is 2. The number of nitrogens with zero attached hydrogens (tertiary/aromatic N) is 4. The van der Waals surface area contributed by atoms with E-state index in [0.717, 1.165) is 18.6 Å². The number of nitrogens with one attached hydrogen (secondary N) is 3. The monoisotopic (exact) mass is 659 g/mol. The van der Waals surface area contributed by atoms with Gasteiger partial charge in [-0.05, 0) is 77.7 Å². The smallest absolute Gasteiger partial charge is 0.407 e. The number of ether oxygens (including phenoxy) is 2. The molecule has 1 saturated carbocycles. The third-order valence-corrected chi connectivity index (χ3v) is 8.58. The van der Waals surface area contributed by atoms with Crippen molar-refractivity contribution in [3.63, 3.8) is 0 Å². The fourth-order valence-corrected chi connectivity index (χ4v) is 6.53. The van der Waals surface area contributed by atoms with Crippen molar-refractivity contribution < 1.29 is 37.4 Å². The molecule has 3 aromatic rings. The maximum absolute atomic E-state index is 13.6. The van der Waals surface area contributed by atoms with Crippen LogP contribution >= 0.6 is 0 Å². The summed E-state index contributed by atoms with van der Waals surface area (Å²) in [6.45, 7) is 7.61. The van der Waals surface area contributed by atoms with E-state index in [2.05, 4.69) is 44.7 Å². The number of carbonyl (C=O) groups is 2. The number of nitro benzene ring substituents is 1. The molecule has 1 aliphatic carbocycles. The fraction of sp³-hybridized carbons (Fsp3) is 0.548. The highest BCUT2D eigenvalue weighted by Gasteiger charge is 2.43. The zero-order valence-corrected chi connectivity index (χ0v) is 26.5. The summed E-state index contributed by atoms with van der Waals surface area (Å²) in [7, 11) is 0. The molecule has 2 heterocycles. The van der Waals surface area contributed by atoms with Gasteiger partial charge >= 0.3 is 11.8 Å². The van der Waals surface area contributed by atoms with Crippen LogP contribution in [0, 0.1) is 33.6 Å². The lowest BCUT2D eigenvalue weighted by molar-refractivity contribution is -0.383. The average molecular weight is 660 g/mol. The van der Waals surface area contributed by atoms with E-state index in [1.54, 1.807) is 4.90 Å². The number of benzene rings is 2. The molecule has 16 heteroatoms. The Morgan fingerprint density at radius 2 is 1.81 bits per heavy atom. The van der Waals surface area contributed by atoms with Crippen LogP contribution in [-0.4, -0.2) is 76.6 Å². The van der Waals surface area contributed by atoms with Gasteiger partial charge < -0.3 is 30.3 Å². The second-order valence-corrected chi connectivity index (χ2v) is 12.8. The molecular formula is C31H39F2N7O7. The number of amides is 2. The van der Waals surface area contributed by atoms with E-state index in [-0.39, 0.29) is 74.0 Å². The summed E-state index contributed by atoms with van der Waals surface area (Å²) < 4.78 is 42.9. The molecule has 0 spiro atoms. The lowest BCUT2D eigenvalue weighted by Gasteiger charge is -2.26. The minimum absolute atomic E-state index is 0.0210. The van der Waals surface area contributed by atoms with Gasteiger partial charge in [-0.1, -0.05) is 13.8 Å². The quantitative estimate of drug-likeness (QED) is 0.128. The molecule has 3 atom stereocenters. The van der Waals surface area contributed by atoms with Gasteiger partial charge in [-0.15, -0.1) is 0 Å². The van der Waals surface area contributed by atoms with Crippen LogP contribution in [0.3, 0.4) is 0 Å². The number of alkyl carbamates (subject to hydrolysis) is 1. The Morgan fingerprint density at radius 1 is 1.11 bits per heavy atom. The van der Waals surface area contributed by atoms with Gasteiger partial charge in [-0.25, -0.2) is 18.2 Å². The molecule has 5 rings (SSSR count). The molecule has 0 radical (unpaired) electrons. The normalized spacial score (nSPS) is 20.5. The number of nitro groups is 1. The first-order valence-electron chi connectivity index (χ1n) is 15.6. The minimum atomic E-state index is -0.918. The molecule has 2 amide bonds. The molecule has 47 heavy (non-hydrogen) atoms. The molecule has 1 aromatic heterocycles. The van der Waals surface area contributed by atoms with Gasteiger partial charge in [0.1, 0.15) is 6.61 Å². The van der Waals surface area contributed by atoms with E-state index in [9.17, 15) is 28.5 Å². The summed E-state index contributed by atoms with van der Waals surface area (Å²) in [5.41, 5.74) is 1.28. The highest BCUT2D eigenvalue weighted by atomic mass is 19.2. The SMILES string of the molecule is CC(C)CC1CC(C)(NC(=O)OCCOCCNc2ccc([N+](=O)[O-])c3nonc23)CC1NCC(=O)N1Cc2cc(F)c(F)cc2C1. The third-order valence-electron chi connectivity index (χ3n) is 8.58. The molecule has 0 bridgehead atoms. The number of non-ortho nitro benzene ring substituents is 1. The lowest BCUT2D eigenvalue weighted by atomic mass is 9.91. The number of fused-ring (bicyclic) bond motifs is 2. The molecule has 1 fully saturated rings. The Balaban J connectivity index is 1.02. The van der Waals surface area contributed by atoms with Crippen LogP contribution in [0.2, 0.25) is 0 Å². The molecule has 3 unspecified atom stereocenters. The molecule has 0 saturated heterocycles. The second-order valence-electron chi connectivity index (χ2n) is 12.8. The molecular weight excluding hydrogens is 620 g/mol. The maximum Gasteiger partial charge on any atom is 0.407 e. The third kappa shape index (κ3) is 8.29. The molecule has 3 N–H and O–H groups in total. The first kappa shape index (κ1) is 33.9. The van der Waals surface area contributed by atoms with Crippen LogP contribution in [-0.2, 0) is 27.4 Å². The van der Waals surface area contributed by atoms with E-state index in [1.807, 2.05) is 6.92 Å². The minimum Gasteiger partial charge on any atom is -0.447 e. The van der Waals surface area contributed by atoms with E-state index in [4.69, 9.17) is 9.47 Å². The summed E-state index contributed by atoms with van der Waals surface area (Å²) in [5.74, 6) is -1.36. The van der Waals surface area contributed by atoms with Crippen LogP contribution < -0.4 is 16.0 Å². The maximum atomic E-state index is 13.6. The van der Waals surface area contributed by atoms with Crippen molar-refractivity contribution in [3.8, 4) is 0 Å². The molecule has 2 aromatic carbocycles. The van der Waals surface area contributed by atoms with Gasteiger partial charge in [0.2, 0.25) is 11.4 Å². The zero-order valence-electron chi connectivity index (χ0n) is 26.5. The molecule has 14 nitrogen and oxygen atoms in total. The van der Waals surface area contributed by atoms with E-state index in [1.165, 1.54) is 12.1 Å². The number of carbonyl (C=O) groups excluding carboxylic acids is 2. The first-order chi connectivity index (χ1) is 22.4. The van der Waals surface area contributed by atoms with Crippen LogP contribution in [0.25, 0.3) is 11.0 Å². The van der Waals surface area contributed by atoms with Gasteiger partial charge in [0.05, 0.1) is 30.4 Å². The number of anilines is 1. The van der Waals surface area contributed by atoms with Crippen LogP contribution in [0.1, 0.15) is 51.2 Å². The second kappa shape index (κ2) is 14.5. The largest absolute Gasteiger partial charge is 0.447 e. The fourth-order valence-electron chi connectivity index (χ4n) is 6.53. The topological polar surface area (TPSA) is 174 Å². The Labute approximate surface area is 269 Å². The summed E-state index contributed by atoms with van der Waals surface area (Å²) in [4.78, 5) is 37.8. The van der Waals surface area contributed by atoms with Crippen molar-refractivity contribution in [3.05, 3.63) is 57.1 Å². The predicted molar refractivity (Wildman–Crippen MR) is 165 cm³/mol. The highest BCUT2D eigenvalue weighted by Crippen LogP contribution is 2.38. The van der Waals surface area contributed by atoms with Crippen LogP contribution in [0.4, 0.5) is 25.0 Å². The molecule has 254 valence electrons. The highest BCUT2D eigenvalue weighted by molar-refractivity contribution is 5.93. The molecule has 1 aliphatic heterocycles. The van der Waals surface area contributed by atoms with Gasteiger partial charge in [0, 0.05) is 37.3 Å². The summed E-state index contributed by atoms with van der Waals surface area (Å²) >= 11 is 0. The van der Waals surface area contributed by atoms with Crippen molar-refractivity contribution in [1.82, 2.24) is 25.8 Å².